The van der Waals surface area contributed by atoms with Crippen molar-refractivity contribution in [3.63, 3.8) is 0 Å². The van der Waals surface area contributed by atoms with Gasteiger partial charge < -0.3 is 10.4 Å². The Morgan fingerprint density at radius 1 is 1.42 bits per heavy atom. The molecule has 1 aliphatic carbocycles. The summed E-state index contributed by atoms with van der Waals surface area (Å²) in [5.41, 5.74) is 0.472. The van der Waals surface area contributed by atoms with Crippen molar-refractivity contribution in [1.82, 2.24) is 5.32 Å². The molecule has 3 heteroatoms. The highest BCUT2D eigenvalue weighted by molar-refractivity contribution is 5.19. The molecule has 2 N–H and O–H groups in total. The van der Waals surface area contributed by atoms with Gasteiger partial charge in [0.05, 0.1) is 5.60 Å². The predicted octanol–water partition coefficient (Wildman–Crippen LogP) is 3.42. The van der Waals surface area contributed by atoms with Crippen LogP contribution in [0, 0.1) is 11.7 Å². The molecule has 1 fully saturated rings. The number of nitrogens with one attached hydrogen (secondary N) is 1. The molecule has 1 aliphatic rings. The van der Waals surface area contributed by atoms with E-state index in [4.69, 9.17) is 0 Å². The summed E-state index contributed by atoms with van der Waals surface area (Å²) >= 11 is 0. The van der Waals surface area contributed by atoms with Gasteiger partial charge in [-0.25, -0.2) is 4.39 Å². The molecule has 0 aromatic heterocycles. The lowest BCUT2D eigenvalue weighted by atomic mass is 9.79. The Hall–Kier alpha value is -0.930. The molecule has 2 rings (SSSR count). The maximum atomic E-state index is 12.9. The fraction of sp³-hybridized carbons (Fsp3) is 0.625. The Morgan fingerprint density at radius 2 is 2.11 bits per heavy atom. The lowest BCUT2D eigenvalue weighted by molar-refractivity contribution is -0.0134. The number of rotatable bonds is 4. The second-order valence-corrected chi connectivity index (χ2v) is 6.08. The molecule has 1 aromatic rings. The number of hydrogen-bond donors (Lipinski definition) is 2. The van der Waals surface area contributed by atoms with Crippen molar-refractivity contribution in [3.05, 3.63) is 35.6 Å². The van der Waals surface area contributed by atoms with Gasteiger partial charge in [-0.2, -0.15) is 0 Å². The van der Waals surface area contributed by atoms with E-state index in [9.17, 15) is 9.50 Å². The van der Waals surface area contributed by atoms with Crippen molar-refractivity contribution in [1.29, 1.82) is 0 Å². The lowest BCUT2D eigenvalue weighted by Crippen LogP contribution is -2.44. The maximum absolute atomic E-state index is 12.9. The van der Waals surface area contributed by atoms with Crippen molar-refractivity contribution >= 4 is 0 Å². The van der Waals surface area contributed by atoms with Crippen molar-refractivity contribution in [2.45, 2.75) is 51.2 Å². The molecular weight excluding hydrogens is 241 g/mol. The van der Waals surface area contributed by atoms with Crippen LogP contribution in [0.25, 0.3) is 0 Å². The zero-order chi connectivity index (χ0) is 13.9. The van der Waals surface area contributed by atoms with Crippen LogP contribution in [0.2, 0.25) is 0 Å². The molecule has 1 saturated carbocycles. The standard InChI is InChI=1S/C16H24FNO/c1-12-4-3-9-16(19,10-12)11-18-13(2)14-5-7-15(17)8-6-14/h5-8,12-13,18-19H,3-4,9-11H2,1-2H3. The van der Waals surface area contributed by atoms with Gasteiger partial charge in [0.15, 0.2) is 0 Å². The topological polar surface area (TPSA) is 32.3 Å². The summed E-state index contributed by atoms with van der Waals surface area (Å²) in [6.07, 6.45) is 4.07. The van der Waals surface area contributed by atoms with Gasteiger partial charge in [0, 0.05) is 12.6 Å². The van der Waals surface area contributed by atoms with Crippen LogP contribution in [0.5, 0.6) is 0 Å². The Morgan fingerprint density at radius 3 is 2.74 bits per heavy atom. The van der Waals surface area contributed by atoms with E-state index in [-0.39, 0.29) is 11.9 Å². The van der Waals surface area contributed by atoms with E-state index in [0.717, 1.165) is 24.8 Å². The van der Waals surface area contributed by atoms with Crippen LogP contribution in [0.3, 0.4) is 0 Å². The van der Waals surface area contributed by atoms with Crippen LogP contribution in [-0.4, -0.2) is 17.3 Å². The van der Waals surface area contributed by atoms with Gasteiger partial charge in [0.25, 0.3) is 0 Å². The maximum Gasteiger partial charge on any atom is 0.123 e. The van der Waals surface area contributed by atoms with Crippen LogP contribution >= 0.6 is 0 Å². The SMILES string of the molecule is CC1CCCC(O)(CNC(C)c2ccc(F)cc2)C1. The molecule has 0 heterocycles. The minimum atomic E-state index is -0.577. The monoisotopic (exact) mass is 265 g/mol. The minimum absolute atomic E-state index is 0.127. The normalized spacial score (nSPS) is 29.2. The molecule has 3 unspecified atom stereocenters. The summed E-state index contributed by atoms with van der Waals surface area (Å²) in [5, 5.41) is 13.9. The fourth-order valence-electron chi connectivity index (χ4n) is 3.01. The first-order valence-electron chi connectivity index (χ1n) is 7.20. The first-order chi connectivity index (χ1) is 8.98. The number of hydrogen-bond acceptors (Lipinski definition) is 2. The molecule has 0 spiro atoms. The average molecular weight is 265 g/mol. The van der Waals surface area contributed by atoms with Crippen molar-refractivity contribution in [2.24, 2.45) is 5.92 Å². The van der Waals surface area contributed by atoms with Crippen molar-refractivity contribution in [3.8, 4) is 0 Å². The number of aliphatic hydroxyl groups is 1. The van der Waals surface area contributed by atoms with Gasteiger partial charge >= 0.3 is 0 Å². The highest BCUT2D eigenvalue weighted by atomic mass is 19.1. The molecule has 19 heavy (non-hydrogen) atoms. The van der Waals surface area contributed by atoms with Crippen LogP contribution in [0.1, 0.15) is 51.1 Å². The number of halogens is 1. The quantitative estimate of drug-likeness (QED) is 0.874. The van der Waals surface area contributed by atoms with Crippen LogP contribution in [-0.2, 0) is 0 Å². The molecule has 0 bridgehead atoms. The zero-order valence-corrected chi connectivity index (χ0v) is 11.8. The molecule has 0 amide bonds. The summed E-state index contributed by atoms with van der Waals surface area (Å²) in [6, 6.07) is 6.67. The Bertz CT molecular complexity index is 406. The zero-order valence-electron chi connectivity index (χ0n) is 11.8. The largest absolute Gasteiger partial charge is 0.389 e. The summed E-state index contributed by atoms with van der Waals surface area (Å²) in [6.45, 7) is 4.85. The fourth-order valence-corrected chi connectivity index (χ4v) is 3.01. The highest BCUT2D eigenvalue weighted by Gasteiger charge is 2.32. The smallest absolute Gasteiger partial charge is 0.123 e. The second-order valence-electron chi connectivity index (χ2n) is 6.08. The molecular formula is C16H24FNO. The van der Waals surface area contributed by atoms with E-state index in [2.05, 4.69) is 12.2 Å². The van der Waals surface area contributed by atoms with E-state index in [0.29, 0.717) is 12.5 Å². The minimum Gasteiger partial charge on any atom is -0.389 e. The van der Waals surface area contributed by atoms with Gasteiger partial charge in [-0.1, -0.05) is 31.9 Å². The lowest BCUT2D eigenvalue weighted by Gasteiger charge is -2.36. The first kappa shape index (κ1) is 14.5. The first-order valence-corrected chi connectivity index (χ1v) is 7.20. The van der Waals surface area contributed by atoms with E-state index in [1.807, 2.05) is 6.92 Å². The highest BCUT2D eigenvalue weighted by Crippen LogP contribution is 2.32. The van der Waals surface area contributed by atoms with E-state index < -0.39 is 5.60 Å². The molecule has 1 aromatic carbocycles. The summed E-state index contributed by atoms with van der Waals surface area (Å²) in [5.74, 6) is 0.386. The Kier molecular flexibility index (Phi) is 4.58. The molecule has 106 valence electrons. The average Bonchev–Trinajstić information content (AvgIpc) is 2.37. The summed E-state index contributed by atoms with van der Waals surface area (Å²) in [4.78, 5) is 0. The molecule has 2 nitrogen and oxygen atoms in total. The summed E-state index contributed by atoms with van der Waals surface area (Å²) in [7, 11) is 0. The second kappa shape index (κ2) is 6.02. The van der Waals surface area contributed by atoms with E-state index in [1.165, 1.54) is 18.6 Å². The molecule has 0 saturated heterocycles. The van der Waals surface area contributed by atoms with Gasteiger partial charge in [0.2, 0.25) is 0 Å². The van der Waals surface area contributed by atoms with Gasteiger partial charge in [-0.05, 0) is 43.4 Å². The number of benzene rings is 1. The van der Waals surface area contributed by atoms with Crippen molar-refractivity contribution in [2.75, 3.05) is 6.54 Å². The third kappa shape index (κ3) is 4.02. The molecule has 0 radical (unpaired) electrons. The van der Waals surface area contributed by atoms with Crippen molar-refractivity contribution < 1.29 is 9.50 Å². The summed E-state index contributed by atoms with van der Waals surface area (Å²) < 4.78 is 12.9. The van der Waals surface area contributed by atoms with Crippen LogP contribution in [0.15, 0.2) is 24.3 Å². The third-order valence-electron chi connectivity index (χ3n) is 4.17. The molecule has 0 aliphatic heterocycles. The molecule has 3 atom stereocenters. The van der Waals surface area contributed by atoms with E-state index in [1.54, 1.807) is 12.1 Å². The van der Waals surface area contributed by atoms with E-state index >= 15 is 0 Å². The van der Waals surface area contributed by atoms with Gasteiger partial charge in [0.1, 0.15) is 5.82 Å². The van der Waals surface area contributed by atoms with Gasteiger partial charge in [-0.3, -0.25) is 0 Å². The Balaban J connectivity index is 1.89. The predicted molar refractivity (Wildman–Crippen MR) is 75.4 cm³/mol. The Labute approximate surface area is 115 Å². The third-order valence-corrected chi connectivity index (χ3v) is 4.17. The van der Waals surface area contributed by atoms with Crippen LogP contribution in [0.4, 0.5) is 4.39 Å². The van der Waals surface area contributed by atoms with Crippen LogP contribution < -0.4 is 5.32 Å². The van der Waals surface area contributed by atoms with Gasteiger partial charge in [-0.15, -0.1) is 0 Å².